The summed E-state index contributed by atoms with van der Waals surface area (Å²) in [6, 6.07) is 11.6. The zero-order chi connectivity index (χ0) is 17.7. The van der Waals surface area contributed by atoms with Gasteiger partial charge in [0.25, 0.3) is 0 Å². The number of carbonyl (C=O) groups excluding carboxylic acids is 1. The maximum absolute atomic E-state index is 12.6. The molecule has 1 atom stereocenters. The Labute approximate surface area is 151 Å². The van der Waals surface area contributed by atoms with E-state index in [1.807, 2.05) is 43.3 Å². The van der Waals surface area contributed by atoms with Crippen molar-refractivity contribution in [3.05, 3.63) is 82.1 Å². The van der Waals surface area contributed by atoms with E-state index in [2.05, 4.69) is 15.3 Å². The van der Waals surface area contributed by atoms with Crippen molar-refractivity contribution in [1.82, 2.24) is 15.3 Å². The number of primary amides is 1. The number of aromatic nitrogens is 2. The first kappa shape index (κ1) is 17.3. The Morgan fingerprint density at radius 2 is 1.80 bits per heavy atom. The molecule has 128 valence electrons. The third-order valence-corrected chi connectivity index (χ3v) is 5.25. The van der Waals surface area contributed by atoms with Gasteiger partial charge in [-0.25, -0.2) is 0 Å². The topological polar surface area (TPSA) is 80.9 Å². The first-order chi connectivity index (χ1) is 12.1. The van der Waals surface area contributed by atoms with Gasteiger partial charge in [-0.1, -0.05) is 12.1 Å². The minimum atomic E-state index is -0.988. The van der Waals surface area contributed by atoms with Gasteiger partial charge in [-0.15, -0.1) is 11.3 Å². The van der Waals surface area contributed by atoms with E-state index in [9.17, 15) is 4.79 Å². The van der Waals surface area contributed by atoms with Crippen molar-refractivity contribution in [1.29, 1.82) is 0 Å². The number of amides is 1. The lowest BCUT2D eigenvalue weighted by Crippen LogP contribution is -2.53. The molecule has 3 rings (SSSR count). The molecule has 3 N–H and O–H groups in total. The SMILES string of the molecule is Cc1ccc(C(Cc2cccnc2)(NCc2cccnc2)C(N)=O)s1. The molecule has 0 aliphatic heterocycles. The molecule has 0 aromatic carbocycles. The molecule has 3 aromatic rings. The third kappa shape index (κ3) is 3.92. The van der Waals surface area contributed by atoms with Gasteiger partial charge in [0.2, 0.25) is 5.91 Å². The molecular weight excluding hydrogens is 332 g/mol. The van der Waals surface area contributed by atoms with Gasteiger partial charge in [0.15, 0.2) is 0 Å². The Morgan fingerprint density at radius 1 is 1.12 bits per heavy atom. The van der Waals surface area contributed by atoms with Crippen LogP contribution in [0.5, 0.6) is 0 Å². The van der Waals surface area contributed by atoms with Crippen LogP contribution in [0, 0.1) is 6.92 Å². The number of nitrogens with zero attached hydrogens (tertiary/aromatic N) is 2. The van der Waals surface area contributed by atoms with Crippen LogP contribution in [-0.2, 0) is 23.3 Å². The first-order valence-corrected chi connectivity index (χ1v) is 8.81. The molecule has 0 saturated heterocycles. The standard InChI is InChI=1S/C19H20N4OS/c1-14-6-7-17(25-14)19(18(20)24,10-15-4-2-8-21-11-15)23-13-16-5-3-9-22-12-16/h2-9,11-12,23H,10,13H2,1H3,(H2,20,24). The van der Waals surface area contributed by atoms with Gasteiger partial charge in [-0.05, 0) is 42.3 Å². The number of nitrogens with two attached hydrogens (primary N) is 1. The smallest absolute Gasteiger partial charge is 0.243 e. The Kier molecular flexibility index (Phi) is 5.21. The van der Waals surface area contributed by atoms with Crippen LogP contribution in [0.25, 0.3) is 0 Å². The summed E-state index contributed by atoms with van der Waals surface area (Å²) in [5.74, 6) is -0.401. The monoisotopic (exact) mass is 352 g/mol. The van der Waals surface area contributed by atoms with E-state index in [1.165, 1.54) is 0 Å². The summed E-state index contributed by atoms with van der Waals surface area (Å²) in [7, 11) is 0. The molecule has 0 radical (unpaired) electrons. The van der Waals surface area contributed by atoms with Gasteiger partial charge in [0.1, 0.15) is 5.54 Å². The Bertz CT molecular complexity index is 835. The van der Waals surface area contributed by atoms with Gasteiger partial charge < -0.3 is 5.73 Å². The van der Waals surface area contributed by atoms with Crippen LogP contribution >= 0.6 is 11.3 Å². The quantitative estimate of drug-likeness (QED) is 0.685. The molecule has 1 amide bonds. The Hall–Kier alpha value is -2.57. The first-order valence-electron chi connectivity index (χ1n) is 8.00. The average molecular weight is 352 g/mol. The molecule has 3 heterocycles. The van der Waals surface area contributed by atoms with Crippen LogP contribution in [0.1, 0.15) is 20.9 Å². The van der Waals surface area contributed by atoms with Gasteiger partial charge in [-0.2, -0.15) is 0 Å². The number of pyridine rings is 2. The zero-order valence-corrected chi connectivity index (χ0v) is 14.8. The summed E-state index contributed by atoms with van der Waals surface area (Å²) in [5.41, 5.74) is 6.85. The number of aryl methyl sites for hydroxylation is 1. The molecular formula is C19H20N4OS. The van der Waals surface area contributed by atoms with Crippen LogP contribution in [-0.4, -0.2) is 15.9 Å². The summed E-state index contributed by atoms with van der Waals surface area (Å²) in [6.45, 7) is 2.51. The Balaban J connectivity index is 1.97. The molecule has 0 aliphatic carbocycles. The van der Waals surface area contributed by atoms with Crippen LogP contribution in [0.3, 0.4) is 0 Å². The lowest BCUT2D eigenvalue weighted by atomic mass is 9.88. The lowest BCUT2D eigenvalue weighted by Gasteiger charge is -2.31. The second-order valence-electron chi connectivity index (χ2n) is 5.93. The molecule has 0 fully saturated rings. The molecule has 0 saturated carbocycles. The molecule has 0 spiro atoms. The fraction of sp³-hybridized carbons (Fsp3) is 0.211. The van der Waals surface area contributed by atoms with Crippen molar-refractivity contribution in [2.45, 2.75) is 25.4 Å². The van der Waals surface area contributed by atoms with E-state index in [0.29, 0.717) is 13.0 Å². The van der Waals surface area contributed by atoms with Crippen molar-refractivity contribution in [3.8, 4) is 0 Å². The van der Waals surface area contributed by atoms with Crippen molar-refractivity contribution in [3.63, 3.8) is 0 Å². The highest BCUT2D eigenvalue weighted by atomic mass is 32.1. The number of thiophene rings is 1. The largest absolute Gasteiger partial charge is 0.368 e. The highest BCUT2D eigenvalue weighted by Gasteiger charge is 2.39. The van der Waals surface area contributed by atoms with Crippen molar-refractivity contribution < 1.29 is 4.79 Å². The summed E-state index contributed by atoms with van der Waals surface area (Å²) < 4.78 is 0. The number of hydrogen-bond acceptors (Lipinski definition) is 5. The molecule has 0 aliphatic rings. The lowest BCUT2D eigenvalue weighted by molar-refractivity contribution is -0.124. The van der Waals surface area contributed by atoms with E-state index in [0.717, 1.165) is 20.9 Å². The van der Waals surface area contributed by atoms with Crippen LogP contribution in [0.4, 0.5) is 0 Å². The van der Waals surface area contributed by atoms with Gasteiger partial charge >= 0.3 is 0 Å². The molecule has 6 heteroatoms. The maximum Gasteiger partial charge on any atom is 0.243 e. The number of hydrogen-bond donors (Lipinski definition) is 2. The van der Waals surface area contributed by atoms with Crippen molar-refractivity contribution in [2.75, 3.05) is 0 Å². The molecule has 3 aromatic heterocycles. The second kappa shape index (κ2) is 7.55. The normalized spacial score (nSPS) is 13.3. The van der Waals surface area contributed by atoms with Crippen molar-refractivity contribution >= 4 is 17.2 Å². The molecule has 1 unspecified atom stereocenters. The van der Waals surface area contributed by atoms with E-state index < -0.39 is 11.4 Å². The molecule has 5 nitrogen and oxygen atoms in total. The third-order valence-electron chi connectivity index (χ3n) is 4.09. The van der Waals surface area contributed by atoms with E-state index in [4.69, 9.17) is 5.73 Å². The van der Waals surface area contributed by atoms with Gasteiger partial charge in [0, 0.05) is 47.5 Å². The summed E-state index contributed by atoms with van der Waals surface area (Å²) >= 11 is 1.58. The second-order valence-corrected chi connectivity index (χ2v) is 7.22. The van der Waals surface area contributed by atoms with E-state index >= 15 is 0 Å². The molecule has 0 bridgehead atoms. The highest BCUT2D eigenvalue weighted by molar-refractivity contribution is 7.12. The number of carbonyl (C=O) groups is 1. The zero-order valence-electron chi connectivity index (χ0n) is 14.0. The van der Waals surface area contributed by atoms with Crippen LogP contribution in [0.2, 0.25) is 0 Å². The average Bonchev–Trinajstić information content (AvgIpc) is 3.07. The summed E-state index contributed by atoms with van der Waals surface area (Å²) in [6.07, 6.45) is 7.43. The fourth-order valence-electron chi connectivity index (χ4n) is 2.76. The van der Waals surface area contributed by atoms with Crippen LogP contribution < -0.4 is 11.1 Å². The van der Waals surface area contributed by atoms with Crippen LogP contribution in [0.15, 0.2) is 61.2 Å². The fourth-order valence-corrected chi connectivity index (χ4v) is 3.80. The predicted octanol–water partition coefficient (Wildman–Crippen LogP) is 2.56. The van der Waals surface area contributed by atoms with Gasteiger partial charge in [-0.3, -0.25) is 20.1 Å². The highest BCUT2D eigenvalue weighted by Crippen LogP contribution is 2.32. The minimum Gasteiger partial charge on any atom is -0.368 e. The number of nitrogens with one attached hydrogen (secondary N) is 1. The molecule has 25 heavy (non-hydrogen) atoms. The van der Waals surface area contributed by atoms with Gasteiger partial charge in [0.05, 0.1) is 0 Å². The van der Waals surface area contributed by atoms with Crippen molar-refractivity contribution in [2.24, 2.45) is 5.73 Å². The van der Waals surface area contributed by atoms with E-state index in [-0.39, 0.29) is 0 Å². The Morgan fingerprint density at radius 3 is 2.32 bits per heavy atom. The number of rotatable bonds is 7. The summed E-state index contributed by atoms with van der Waals surface area (Å²) in [4.78, 5) is 22.9. The minimum absolute atomic E-state index is 0.401. The van der Waals surface area contributed by atoms with E-state index in [1.54, 1.807) is 36.1 Å². The summed E-state index contributed by atoms with van der Waals surface area (Å²) in [5, 5.41) is 3.40. The predicted molar refractivity (Wildman–Crippen MR) is 98.9 cm³/mol. The maximum atomic E-state index is 12.6.